The average molecular weight is 366 g/mol. The zero-order valence-corrected chi connectivity index (χ0v) is 16.0. The van der Waals surface area contributed by atoms with Crippen molar-refractivity contribution in [2.45, 2.75) is 58.0 Å². The fourth-order valence-electron chi connectivity index (χ4n) is 3.66. The van der Waals surface area contributed by atoms with Gasteiger partial charge in [0.25, 0.3) is 5.91 Å². The van der Waals surface area contributed by atoms with Crippen LogP contribution in [0.5, 0.6) is 0 Å². The van der Waals surface area contributed by atoms with Crippen LogP contribution in [0.3, 0.4) is 0 Å². The maximum atomic E-state index is 13.0. The normalized spacial score (nSPS) is 17.8. The molecule has 1 amide bonds. The van der Waals surface area contributed by atoms with Crippen molar-refractivity contribution in [3.63, 3.8) is 0 Å². The second kappa shape index (κ2) is 7.58. The van der Waals surface area contributed by atoms with Crippen LogP contribution >= 0.6 is 0 Å². The maximum Gasteiger partial charge on any atom is 0.274 e. The highest BCUT2D eigenvalue weighted by molar-refractivity contribution is 5.92. The molecule has 2 fully saturated rings. The summed E-state index contributed by atoms with van der Waals surface area (Å²) in [5.41, 5.74) is 2.43. The van der Waals surface area contributed by atoms with Crippen molar-refractivity contribution < 1.29 is 4.79 Å². The van der Waals surface area contributed by atoms with Crippen LogP contribution in [0, 0.1) is 6.92 Å². The second-order valence-corrected chi connectivity index (χ2v) is 7.45. The van der Waals surface area contributed by atoms with Crippen LogP contribution in [-0.4, -0.2) is 55.9 Å². The fraction of sp³-hybridized carbons (Fsp3) is 0.550. The fourth-order valence-corrected chi connectivity index (χ4v) is 3.66. The molecule has 0 spiro atoms. The van der Waals surface area contributed by atoms with Crippen LogP contribution < -0.4 is 4.90 Å². The van der Waals surface area contributed by atoms with E-state index in [4.69, 9.17) is 0 Å². The lowest BCUT2D eigenvalue weighted by Gasteiger charge is -2.38. The molecule has 1 aliphatic carbocycles. The summed E-state index contributed by atoms with van der Waals surface area (Å²) in [6.07, 6.45) is 12.1. The third-order valence-electron chi connectivity index (χ3n) is 5.42. The van der Waals surface area contributed by atoms with Gasteiger partial charge >= 0.3 is 0 Å². The molecule has 142 valence electrons. The Balaban J connectivity index is 1.43. The SMILES string of the molecule is CCc1cnc(N2CCC(N(C(=O)c3cnc(C)cn3)C3CC3)CC2)nc1. The van der Waals surface area contributed by atoms with Crippen molar-refractivity contribution in [3.05, 3.63) is 41.7 Å². The molecule has 0 atom stereocenters. The molecule has 2 aliphatic rings. The Labute approximate surface area is 159 Å². The van der Waals surface area contributed by atoms with E-state index in [0.29, 0.717) is 11.7 Å². The van der Waals surface area contributed by atoms with Crippen LogP contribution in [0.25, 0.3) is 0 Å². The van der Waals surface area contributed by atoms with Crippen molar-refractivity contribution in [2.24, 2.45) is 0 Å². The Hall–Kier alpha value is -2.57. The molecule has 0 N–H and O–H groups in total. The average Bonchev–Trinajstić information content (AvgIpc) is 3.54. The third-order valence-corrected chi connectivity index (χ3v) is 5.42. The molecule has 27 heavy (non-hydrogen) atoms. The minimum absolute atomic E-state index is 0.0204. The quantitative estimate of drug-likeness (QED) is 0.809. The molecule has 0 radical (unpaired) electrons. The molecule has 3 heterocycles. The van der Waals surface area contributed by atoms with Crippen LogP contribution in [-0.2, 0) is 6.42 Å². The Kier molecular flexibility index (Phi) is 5.01. The molecular formula is C20H26N6O. The molecule has 1 saturated heterocycles. The van der Waals surface area contributed by atoms with Crippen molar-refractivity contribution >= 4 is 11.9 Å². The van der Waals surface area contributed by atoms with Crippen LogP contribution in [0.15, 0.2) is 24.8 Å². The molecule has 2 aromatic heterocycles. The van der Waals surface area contributed by atoms with Gasteiger partial charge in [0.15, 0.2) is 0 Å². The number of nitrogens with zero attached hydrogens (tertiary/aromatic N) is 6. The molecule has 0 unspecified atom stereocenters. The van der Waals surface area contributed by atoms with E-state index in [-0.39, 0.29) is 11.9 Å². The van der Waals surface area contributed by atoms with Gasteiger partial charge in [0.1, 0.15) is 5.69 Å². The highest BCUT2D eigenvalue weighted by Crippen LogP contribution is 2.33. The lowest BCUT2D eigenvalue weighted by Crippen LogP contribution is -2.49. The molecule has 1 saturated carbocycles. The summed E-state index contributed by atoms with van der Waals surface area (Å²) >= 11 is 0. The Morgan fingerprint density at radius 3 is 2.22 bits per heavy atom. The summed E-state index contributed by atoms with van der Waals surface area (Å²) < 4.78 is 0. The predicted octanol–water partition coefficient (Wildman–Crippen LogP) is 2.41. The smallest absolute Gasteiger partial charge is 0.274 e. The van der Waals surface area contributed by atoms with E-state index in [1.807, 2.05) is 19.3 Å². The second-order valence-electron chi connectivity index (χ2n) is 7.45. The molecule has 7 nitrogen and oxygen atoms in total. The maximum absolute atomic E-state index is 13.0. The zero-order chi connectivity index (χ0) is 18.8. The van der Waals surface area contributed by atoms with Crippen LogP contribution in [0.4, 0.5) is 5.95 Å². The summed E-state index contributed by atoms with van der Waals surface area (Å²) in [5.74, 6) is 0.811. The van der Waals surface area contributed by atoms with E-state index in [1.54, 1.807) is 12.4 Å². The summed E-state index contributed by atoms with van der Waals surface area (Å²) in [6, 6.07) is 0.608. The number of carbonyl (C=O) groups excluding carboxylic acids is 1. The minimum atomic E-state index is 0.0204. The standard InChI is InChI=1S/C20H26N6O/c1-3-15-11-23-20(24-12-15)25-8-6-17(7-9-25)26(16-4-5-16)19(27)18-13-21-14(2)10-22-18/h10-13,16-17H,3-9H2,1-2H3. The van der Waals surface area contributed by atoms with Gasteiger partial charge in [0.05, 0.1) is 11.9 Å². The molecular weight excluding hydrogens is 340 g/mol. The first-order valence-corrected chi connectivity index (χ1v) is 9.83. The minimum Gasteiger partial charge on any atom is -0.341 e. The van der Waals surface area contributed by atoms with Crippen LogP contribution in [0.2, 0.25) is 0 Å². The molecule has 7 heteroatoms. The first-order chi connectivity index (χ1) is 13.2. The van der Waals surface area contributed by atoms with Gasteiger partial charge in [-0.05, 0) is 44.6 Å². The lowest BCUT2D eigenvalue weighted by molar-refractivity contribution is 0.0623. The first-order valence-electron chi connectivity index (χ1n) is 9.83. The predicted molar refractivity (Wildman–Crippen MR) is 103 cm³/mol. The van der Waals surface area contributed by atoms with E-state index in [2.05, 4.69) is 36.7 Å². The topological polar surface area (TPSA) is 75.1 Å². The number of piperidine rings is 1. The summed E-state index contributed by atoms with van der Waals surface area (Å²) in [7, 11) is 0. The van der Waals surface area contributed by atoms with E-state index < -0.39 is 0 Å². The molecule has 4 rings (SSSR count). The zero-order valence-electron chi connectivity index (χ0n) is 16.0. The number of hydrogen-bond donors (Lipinski definition) is 0. The monoisotopic (exact) mass is 366 g/mol. The van der Waals surface area contributed by atoms with Crippen molar-refractivity contribution in [3.8, 4) is 0 Å². The lowest BCUT2D eigenvalue weighted by atomic mass is 10.0. The Bertz CT molecular complexity index is 779. The van der Waals surface area contributed by atoms with Gasteiger partial charge in [-0.2, -0.15) is 0 Å². The van der Waals surface area contributed by atoms with Gasteiger partial charge in [-0.3, -0.25) is 9.78 Å². The van der Waals surface area contributed by atoms with E-state index in [1.165, 1.54) is 0 Å². The first kappa shape index (κ1) is 17.8. The van der Waals surface area contributed by atoms with Gasteiger partial charge in [0, 0.05) is 43.8 Å². The van der Waals surface area contributed by atoms with Crippen molar-refractivity contribution in [1.29, 1.82) is 0 Å². The van der Waals surface area contributed by atoms with Crippen molar-refractivity contribution in [2.75, 3.05) is 18.0 Å². The molecule has 0 bridgehead atoms. The molecule has 0 aromatic carbocycles. The summed E-state index contributed by atoms with van der Waals surface area (Å²) in [5, 5.41) is 0. The van der Waals surface area contributed by atoms with Gasteiger partial charge in [0.2, 0.25) is 5.95 Å². The largest absolute Gasteiger partial charge is 0.341 e. The Morgan fingerprint density at radius 2 is 1.67 bits per heavy atom. The number of amides is 1. The Morgan fingerprint density at radius 1 is 1.00 bits per heavy atom. The summed E-state index contributed by atoms with van der Waals surface area (Å²) in [4.78, 5) is 34.9. The number of hydrogen-bond acceptors (Lipinski definition) is 6. The summed E-state index contributed by atoms with van der Waals surface area (Å²) in [6.45, 7) is 5.72. The number of aryl methyl sites for hydroxylation is 2. The number of rotatable bonds is 5. The third kappa shape index (κ3) is 3.91. The van der Waals surface area contributed by atoms with E-state index in [0.717, 1.165) is 62.4 Å². The highest BCUT2D eigenvalue weighted by atomic mass is 16.2. The van der Waals surface area contributed by atoms with Gasteiger partial charge in [-0.25, -0.2) is 15.0 Å². The molecule has 2 aromatic rings. The highest BCUT2D eigenvalue weighted by Gasteiger charge is 2.39. The van der Waals surface area contributed by atoms with Gasteiger partial charge in [-0.1, -0.05) is 6.92 Å². The number of anilines is 1. The number of aromatic nitrogens is 4. The van der Waals surface area contributed by atoms with Gasteiger partial charge in [-0.15, -0.1) is 0 Å². The van der Waals surface area contributed by atoms with Crippen molar-refractivity contribution in [1.82, 2.24) is 24.8 Å². The number of carbonyl (C=O) groups is 1. The van der Waals surface area contributed by atoms with E-state index >= 15 is 0 Å². The molecule has 1 aliphatic heterocycles. The van der Waals surface area contributed by atoms with Gasteiger partial charge < -0.3 is 9.80 Å². The van der Waals surface area contributed by atoms with E-state index in [9.17, 15) is 4.79 Å². The van der Waals surface area contributed by atoms with Crippen LogP contribution in [0.1, 0.15) is 54.4 Å².